The molecule has 5 aromatic rings. The molecule has 8 aliphatic rings. The first-order valence-electron chi connectivity index (χ1n) is 42.3. The summed E-state index contributed by atoms with van der Waals surface area (Å²) in [6.07, 6.45) is -43.4. The number of hydrogen-bond acceptors (Lipinski definition) is 46. The molecule has 7 heterocycles. The Kier molecular flexibility index (Phi) is 34.3. The standard InChI is InChI=1S/C90H98O48/c91-31-53-66(103)72(109)78(115)85(133-53)126-44-15-3-38(4-16-44)10-22-61(98)122-33-55-68(105)74(111)80(117)87(135-55)128-46-19-7-40(8-20-46)12-24-63(100)124-35-57-70(107)76(113)82(119)89(137-57)131-51-26-41(84-52(29-47-48(94)27-43(93)28-49(47)129-84)132-90-83(120)77(114)71(108)58(138-90)36-125-64(101)30-59(95)96)25-50(65(51)102)130-88-81(118)75(112)69(106)56(136-88)34-123-62(99)23-11-39-5-17-45(18-6-39)127-86-79(116)73(110)67(104)54(134-86)32-121-60(97)21-9-37-1-13-42(92)14-2-37/h1-29,53-58,66-91,93-94,97,102-120H,30-36H2,(H,95,96)/p+1/b22-10-,23-11-,24-12-,60-21?/t53-,54-,55-,56-,57+,58-,66-,67-,68-,69-,70+,71-,72-,73-,74-,75-,76+,77-,78+,79+,80+,81+,82+,83+,84?,85-,86-,87-,88-,89-,90-/m0/s1. The van der Waals surface area contributed by atoms with E-state index in [1.165, 1.54) is 121 Å². The Balaban J connectivity index is 0.669. The Morgan fingerprint density at radius 3 is 1.07 bits per heavy atom. The van der Waals surface area contributed by atoms with Crippen LogP contribution >= 0.6 is 0 Å². The van der Waals surface area contributed by atoms with Crippen molar-refractivity contribution in [2.75, 3.05) is 39.6 Å². The number of allylic oxidation sites excluding steroid dienone is 7. The Hall–Kier alpha value is -12.4. The van der Waals surface area contributed by atoms with Crippen molar-refractivity contribution in [2.45, 2.75) is 197 Å². The quantitative estimate of drug-likeness (QED) is 0.00457. The lowest BCUT2D eigenvalue weighted by Crippen LogP contribution is -2.60. The lowest BCUT2D eigenvalue weighted by Gasteiger charge is -2.41. The molecular weight excluding hydrogens is 1850 g/mol. The van der Waals surface area contributed by atoms with Gasteiger partial charge in [0.15, 0.2) is 23.0 Å². The van der Waals surface area contributed by atoms with Crippen molar-refractivity contribution < 1.29 is 237 Å². The Morgan fingerprint density at radius 2 is 0.710 bits per heavy atom. The number of phenolic OH excluding ortho intramolecular Hbond substituents is 3. The lowest BCUT2D eigenvalue weighted by molar-refractivity contribution is -0.296. The number of carboxylic acid groups (broad SMARTS) is 1. The van der Waals surface area contributed by atoms with Gasteiger partial charge in [-0.2, -0.15) is 0 Å². The summed E-state index contributed by atoms with van der Waals surface area (Å²) in [7, 11) is 0. The van der Waals surface area contributed by atoms with Gasteiger partial charge in [0.1, 0.15) is 220 Å². The van der Waals surface area contributed by atoms with E-state index in [9.17, 15) is 146 Å². The molecule has 138 heavy (non-hydrogen) atoms. The second-order valence-electron chi connectivity index (χ2n) is 32.2. The van der Waals surface area contributed by atoms with Gasteiger partial charge in [-0.15, -0.1) is 0 Å². The van der Waals surface area contributed by atoms with Gasteiger partial charge < -0.3 is 208 Å². The van der Waals surface area contributed by atoms with Crippen LogP contribution in [0, 0.1) is 0 Å². The number of phenols is 3. The van der Waals surface area contributed by atoms with Crippen LogP contribution in [0.4, 0.5) is 0 Å². The van der Waals surface area contributed by atoms with Gasteiger partial charge in [-0.05, 0) is 107 Å². The number of ether oxygens (including phenoxy) is 18. The fraction of sp³-hybridized carbons (Fsp3) is 0.422. The van der Waals surface area contributed by atoms with Crippen molar-refractivity contribution in [3.05, 3.63) is 197 Å². The molecule has 0 amide bonds. The van der Waals surface area contributed by atoms with E-state index in [-0.39, 0.29) is 45.5 Å². The topological polar surface area (TPSA) is 758 Å². The van der Waals surface area contributed by atoms with Crippen LogP contribution in [-0.4, -0.2) is 387 Å². The van der Waals surface area contributed by atoms with Crippen LogP contribution in [0.2, 0.25) is 0 Å². The molecule has 48 heteroatoms. The lowest BCUT2D eigenvalue weighted by atomic mass is 9.98. The van der Waals surface area contributed by atoms with Crippen molar-refractivity contribution >= 4 is 59.9 Å². The number of aromatic hydroxyl groups is 4. The number of fused-ring (bicyclic) bond motifs is 1. The summed E-state index contributed by atoms with van der Waals surface area (Å²) in [4.78, 5) is 74.5. The van der Waals surface area contributed by atoms with E-state index >= 15 is 0 Å². The van der Waals surface area contributed by atoms with E-state index < -0.39 is 307 Å². The predicted molar refractivity (Wildman–Crippen MR) is 452 cm³/mol. The summed E-state index contributed by atoms with van der Waals surface area (Å²) in [5.74, 6) is -11.7. The number of rotatable bonds is 34. The van der Waals surface area contributed by atoms with E-state index in [4.69, 9.17) is 85.6 Å². The average Bonchev–Trinajstić information content (AvgIpc) is 0.756. The second-order valence-corrected chi connectivity index (χ2v) is 32.2. The van der Waals surface area contributed by atoms with E-state index in [0.717, 1.165) is 54.6 Å². The first kappa shape index (κ1) is 103. The third kappa shape index (κ3) is 25.4. The highest BCUT2D eigenvalue weighted by atomic mass is 16.8. The molecular formula is C90H99O48+. The minimum absolute atomic E-state index is 0.000271. The molecule has 13 rings (SSSR count). The second kappa shape index (κ2) is 45.9. The summed E-state index contributed by atoms with van der Waals surface area (Å²) in [6, 6.07) is 20.7. The van der Waals surface area contributed by atoms with Crippen LogP contribution < -0.4 is 23.7 Å². The van der Waals surface area contributed by atoms with Crippen molar-refractivity contribution in [3.63, 3.8) is 0 Å². The molecule has 0 saturated carbocycles. The van der Waals surface area contributed by atoms with E-state index in [2.05, 4.69) is 4.74 Å². The monoisotopic (exact) mass is 1950 g/mol. The molecule has 48 nitrogen and oxygen atoms in total. The maximum Gasteiger partial charge on any atom is 0.330 e. The van der Waals surface area contributed by atoms with Crippen molar-refractivity contribution in [1.82, 2.24) is 0 Å². The molecule has 0 spiro atoms. The van der Waals surface area contributed by atoms with E-state index in [1.54, 1.807) is 0 Å². The molecule has 0 radical (unpaired) electrons. The zero-order chi connectivity index (χ0) is 99.4. The molecule has 25 N–H and O–H groups in total. The molecule has 6 saturated heterocycles. The summed E-state index contributed by atoms with van der Waals surface area (Å²) >= 11 is 0. The van der Waals surface area contributed by atoms with Crippen LogP contribution in [0.1, 0.15) is 40.3 Å². The van der Waals surface area contributed by atoms with Crippen LogP contribution in [-0.2, 0) is 85.6 Å². The molecule has 7 aliphatic heterocycles. The number of benzene rings is 5. The number of carbonyl (C=O) groups is 6. The fourth-order valence-corrected chi connectivity index (χ4v) is 14.7. The molecule has 1 unspecified atom stereocenters. The molecule has 746 valence electrons. The number of carboxylic acids is 1. The Labute approximate surface area is 778 Å². The summed E-state index contributed by atoms with van der Waals surface area (Å²) in [5.41, 5.74) is 1.02. The number of hydrogen-bond donors (Lipinski definition) is 24. The third-order valence-corrected chi connectivity index (χ3v) is 22.5. The summed E-state index contributed by atoms with van der Waals surface area (Å²) in [5, 5.41) is 260. The van der Waals surface area contributed by atoms with Gasteiger partial charge in [-0.25, -0.2) is 14.4 Å². The molecule has 0 aromatic heterocycles. The van der Waals surface area contributed by atoms with Crippen molar-refractivity contribution in [3.8, 4) is 51.7 Å². The Morgan fingerprint density at radius 1 is 0.377 bits per heavy atom. The minimum atomic E-state index is -2.31. The highest BCUT2D eigenvalue weighted by Gasteiger charge is 2.53. The first-order valence-corrected chi connectivity index (χ1v) is 42.3. The summed E-state index contributed by atoms with van der Waals surface area (Å²) < 4.78 is 100. The first-order chi connectivity index (χ1) is 65.8. The molecule has 31 atom stereocenters. The van der Waals surface area contributed by atoms with Gasteiger partial charge in [0.2, 0.25) is 43.5 Å². The minimum Gasteiger partial charge on any atom is -0.571 e. The van der Waals surface area contributed by atoms with Gasteiger partial charge in [0, 0.05) is 36.4 Å². The predicted octanol–water partition coefficient (Wildman–Crippen LogP) is -5.29. The molecule has 6 fully saturated rings. The van der Waals surface area contributed by atoms with Gasteiger partial charge >= 0.3 is 29.8 Å². The Bertz CT molecular complexity index is 5280. The van der Waals surface area contributed by atoms with Crippen molar-refractivity contribution in [2.24, 2.45) is 0 Å². The van der Waals surface area contributed by atoms with E-state index in [0.29, 0.717) is 16.7 Å². The highest BCUT2D eigenvalue weighted by Crippen LogP contribution is 2.50. The van der Waals surface area contributed by atoms with Gasteiger partial charge in [-0.3, -0.25) is 14.4 Å². The van der Waals surface area contributed by atoms with Crippen LogP contribution in [0.3, 0.4) is 0 Å². The zero-order valence-corrected chi connectivity index (χ0v) is 71.7. The average molecular weight is 1950 g/mol. The normalized spacial score (nSPS) is 33.1. The smallest absolute Gasteiger partial charge is 0.330 e. The maximum atomic E-state index is 13.4. The number of carbonyl (C=O) groups excluding carboxylic acids is 5. The molecule has 1 aliphatic carbocycles. The SMILES string of the molecule is O=C1C=CC(=CC=C(O)OC[C@@H]2O[C@H](Oc3ccc(/C=C\C(=O)OC[C@@H]4O[C@H](Oc5cc(C6[OH+]c7cc(O)cc(O)c7C=C6O[C@H]6O[C@@H](COC(=O)CC(=O)O)[C@H](O)[C@H](O)[C@H]6O)cc(O[C@H]6O[C@H](COC(=O)/C=C\c7ccc(O[C@H]8O[C@@H](COC(=O)/C=C\c9ccc(O[C@H]%10O[C@@H](CO)[C@H](O)[C@H](O)[C@H]%10O)cc9)[C@H](O)[C@H](O)[C@H]8O)cc7)[C@@H](O)[C@@H](O)[C@H]6O)c5O)[C@H](O)[C@@H](O)[C@H]4O)cc3)[C@H](O)[C@@H](O)[C@H]2O)C=C1. The van der Waals surface area contributed by atoms with Crippen LogP contribution in [0.5, 0.6) is 51.7 Å². The van der Waals surface area contributed by atoms with E-state index in [1.807, 2.05) is 0 Å². The number of ketones is 1. The largest absolute Gasteiger partial charge is 0.571 e. The molecule has 5 aromatic carbocycles. The van der Waals surface area contributed by atoms with Crippen molar-refractivity contribution in [1.29, 1.82) is 0 Å². The zero-order valence-electron chi connectivity index (χ0n) is 71.7. The maximum absolute atomic E-state index is 13.4. The van der Waals surface area contributed by atoms with Gasteiger partial charge in [0.05, 0.1) is 18.2 Å². The van der Waals surface area contributed by atoms with Gasteiger partial charge in [0.25, 0.3) is 17.8 Å². The number of aliphatic hydroxyl groups is 21. The molecule has 0 bridgehead atoms. The number of esters is 4. The number of aliphatic carboxylic acids is 1. The van der Waals surface area contributed by atoms with Gasteiger partial charge in [-0.1, -0.05) is 48.6 Å². The highest BCUT2D eigenvalue weighted by molar-refractivity contribution is 6.01. The third-order valence-electron chi connectivity index (χ3n) is 22.5. The summed E-state index contributed by atoms with van der Waals surface area (Å²) in [6.45, 7) is -4.67. The van der Waals surface area contributed by atoms with Crippen LogP contribution in [0.15, 0.2) is 169 Å². The van der Waals surface area contributed by atoms with Crippen LogP contribution in [0.25, 0.3) is 24.3 Å². The fourth-order valence-electron chi connectivity index (χ4n) is 14.7. The number of aliphatic hydroxyl groups excluding tert-OH is 20.